The number of alkyl halides is 1. The number of carbonyl (C=O) groups excluding carboxylic acids is 3. The summed E-state index contributed by atoms with van der Waals surface area (Å²) in [5, 5.41) is 17.9. The Kier molecular flexibility index (Phi) is 37.9. The first kappa shape index (κ1) is 51.2. The number of rotatable bonds is 13. The molecule has 2 aromatic carbocycles. The van der Waals surface area contributed by atoms with Gasteiger partial charge in [-0.15, -0.1) is 0 Å². The van der Waals surface area contributed by atoms with E-state index < -0.39 is 5.97 Å². The first-order valence-electron chi connectivity index (χ1n) is 13.0. The summed E-state index contributed by atoms with van der Waals surface area (Å²) < 4.78 is 35.9. The molecule has 246 valence electrons. The number of phenols is 1. The Morgan fingerprint density at radius 3 is 1.67 bits per heavy atom. The Bertz CT molecular complexity index is 1060. The quantitative estimate of drug-likeness (QED) is 0.0603. The number of benzene rings is 2. The molecule has 0 amide bonds. The number of halogens is 1. The zero-order chi connectivity index (χ0) is 33.2. The third kappa shape index (κ3) is 28.1. The van der Waals surface area contributed by atoms with Gasteiger partial charge in [0.05, 0.1) is 39.6 Å². The van der Waals surface area contributed by atoms with Crippen molar-refractivity contribution < 1.29 is 167 Å². The van der Waals surface area contributed by atoms with Crippen LogP contribution in [0.15, 0.2) is 36.4 Å². The van der Waals surface area contributed by atoms with Crippen LogP contribution in [0.4, 0.5) is 0 Å². The molecule has 1 N–H and O–H groups in total. The maximum Gasteiger partial charge on any atom is 1.00 e. The van der Waals surface area contributed by atoms with Gasteiger partial charge >= 0.3 is 115 Å². The van der Waals surface area contributed by atoms with Crippen molar-refractivity contribution in [2.75, 3.05) is 39.4 Å². The summed E-state index contributed by atoms with van der Waals surface area (Å²) in [7, 11) is 3.10. The molecule has 0 atom stereocenters. The number of ether oxygens (including phenoxy) is 7. The van der Waals surface area contributed by atoms with Gasteiger partial charge in [0.25, 0.3) is 6.47 Å². The van der Waals surface area contributed by atoms with E-state index in [-0.39, 0.29) is 141 Å². The third-order valence-corrected chi connectivity index (χ3v) is 4.58. The van der Waals surface area contributed by atoms with Crippen molar-refractivity contribution in [3.63, 3.8) is 0 Å². The largest absolute Gasteiger partial charge is 1.00 e. The Morgan fingerprint density at radius 1 is 0.844 bits per heavy atom. The summed E-state index contributed by atoms with van der Waals surface area (Å²) >= 11 is 2.94. The van der Waals surface area contributed by atoms with Crippen molar-refractivity contribution in [2.24, 2.45) is 0 Å². The predicted molar refractivity (Wildman–Crippen MR) is 160 cm³/mol. The zero-order valence-corrected chi connectivity index (χ0v) is 35.6. The molecule has 0 aliphatic carbocycles. The molecule has 0 aliphatic heterocycles. The summed E-state index contributed by atoms with van der Waals surface area (Å²) in [6, 6.07) is 9.93. The monoisotopic (exact) mass is 756 g/mol. The Balaban J connectivity index is -0.000000181. The number of aromatic hydroxyl groups is 1. The fraction of sp³-hybridized carbons (Fsp3) is 0.483. The molecular weight excluding hydrogens is 714 g/mol. The Hall–Kier alpha value is -0.637. The number of hydrogen-bond acceptors (Lipinski definition) is 13. The van der Waals surface area contributed by atoms with Gasteiger partial charge in [-0.25, -0.2) is 4.79 Å². The van der Waals surface area contributed by atoms with Crippen LogP contribution < -0.4 is 132 Å². The van der Waals surface area contributed by atoms with Crippen molar-refractivity contribution in [2.45, 2.75) is 53.8 Å². The van der Waals surface area contributed by atoms with E-state index in [1.54, 1.807) is 58.4 Å². The molecule has 45 heavy (non-hydrogen) atoms. The minimum atomic E-state index is -0.399. The molecule has 2 rings (SSSR count). The second-order valence-corrected chi connectivity index (χ2v) is 8.77. The molecule has 0 unspecified atom stereocenters. The molecule has 0 aliphatic rings. The van der Waals surface area contributed by atoms with Gasteiger partial charge in [0, 0.05) is 12.1 Å². The van der Waals surface area contributed by atoms with E-state index in [2.05, 4.69) is 25.6 Å². The van der Waals surface area contributed by atoms with Crippen LogP contribution in [0.5, 0.6) is 34.5 Å². The maximum atomic E-state index is 11.2. The summed E-state index contributed by atoms with van der Waals surface area (Å²) in [4.78, 5) is 32.6. The molecule has 0 spiro atoms. The van der Waals surface area contributed by atoms with Crippen LogP contribution in [0, 0.1) is 0 Å². The molecule has 13 nitrogen and oxygen atoms in total. The molecule has 0 heterocycles. The molecule has 0 aromatic heterocycles. The van der Waals surface area contributed by atoms with Crippen LogP contribution in [-0.2, 0) is 28.7 Å². The second-order valence-electron chi connectivity index (χ2n) is 8.21. The summed E-state index contributed by atoms with van der Waals surface area (Å²) in [6.45, 7) is 11.8. The molecule has 2 aromatic rings. The Morgan fingerprint density at radius 2 is 1.29 bits per heavy atom. The van der Waals surface area contributed by atoms with Crippen LogP contribution in [0.1, 0.15) is 43.0 Å². The van der Waals surface area contributed by atoms with E-state index in [4.69, 9.17) is 43.6 Å². The smallest absolute Gasteiger partial charge is 1.00 e. The van der Waals surface area contributed by atoms with E-state index in [1.165, 1.54) is 6.07 Å². The van der Waals surface area contributed by atoms with E-state index in [0.29, 0.717) is 47.3 Å². The van der Waals surface area contributed by atoms with Gasteiger partial charge in [0.1, 0.15) is 16.8 Å². The molecule has 0 saturated carbocycles. The number of hydrogen-bond donors (Lipinski definition) is 1. The van der Waals surface area contributed by atoms with E-state index in [0.717, 1.165) is 0 Å². The topological polar surface area (TPSA) is 168 Å². The SMILES string of the molecule is CCOC(=O)CBr.CCOC(=O)COc1ccc(OC(C)C)c(OC)c1.COc1cc(O)ccc1OC(C)C.O=CO[O-].[H-].[K+].[K+]. The van der Waals surface area contributed by atoms with Gasteiger partial charge < -0.3 is 49.8 Å². The molecule has 0 fully saturated rings. The average Bonchev–Trinajstić information content (AvgIpc) is 2.98. The minimum absolute atomic E-state index is 0. The normalized spacial score (nSPS) is 8.98. The van der Waals surface area contributed by atoms with Gasteiger partial charge in [-0.3, -0.25) is 9.59 Å². The minimum Gasteiger partial charge on any atom is -1.00 e. The van der Waals surface area contributed by atoms with Crippen LogP contribution in [0.3, 0.4) is 0 Å². The zero-order valence-electron chi connectivity index (χ0n) is 28.7. The van der Waals surface area contributed by atoms with Crippen LogP contribution in [0.2, 0.25) is 0 Å². The first-order valence-corrected chi connectivity index (χ1v) is 14.1. The second kappa shape index (κ2) is 33.3. The Labute approximate surface area is 360 Å². The fourth-order valence-electron chi connectivity index (χ4n) is 2.64. The van der Waals surface area contributed by atoms with Gasteiger partial charge in [-0.1, -0.05) is 15.9 Å². The van der Waals surface area contributed by atoms with Crippen molar-refractivity contribution in [1.29, 1.82) is 0 Å². The number of methoxy groups -OCH3 is 2. The average molecular weight is 758 g/mol. The van der Waals surface area contributed by atoms with Gasteiger partial charge in [-0.05, 0) is 65.8 Å². The van der Waals surface area contributed by atoms with Crippen LogP contribution >= 0.6 is 15.9 Å². The third-order valence-electron chi connectivity index (χ3n) is 4.12. The van der Waals surface area contributed by atoms with Crippen LogP contribution in [0.25, 0.3) is 0 Å². The van der Waals surface area contributed by atoms with Crippen molar-refractivity contribution in [3.8, 4) is 34.5 Å². The van der Waals surface area contributed by atoms with Gasteiger partial charge in [0.2, 0.25) is 0 Å². The molecule has 16 heteroatoms. The predicted octanol–water partition coefficient (Wildman–Crippen LogP) is -1.89. The number of esters is 2. The van der Waals surface area contributed by atoms with Crippen molar-refractivity contribution in [1.82, 2.24) is 0 Å². The maximum absolute atomic E-state index is 11.2. The molecule has 0 saturated heterocycles. The summed E-state index contributed by atoms with van der Waals surface area (Å²) in [5.74, 6) is 2.50. The van der Waals surface area contributed by atoms with Gasteiger partial charge in [0.15, 0.2) is 29.6 Å². The first-order chi connectivity index (χ1) is 20.4. The van der Waals surface area contributed by atoms with E-state index in [9.17, 15) is 9.59 Å². The van der Waals surface area contributed by atoms with Gasteiger partial charge in [-0.2, -0.15) is 0 Å². The van der Waals surface area contributed by atoms with Crippen molar-refractivity contribution in [3.05, 3.63) is 36.4 Å². The standard InChI is InChI=1S/C14H20O5.C10H14O3.C4H7BrO2.CH2O3.2K.H/c1-5-17-14(15)9-18-11-6-7-12(19-10(2)3)13(8-11)16-4;1-7(2)13-9-5-4-8(11)6-10(9)12-3;1-2-7-4(6)3-5;2-1-4-3;;;/h6-8,10H,5,9H2,1-4H3;4-7,11H,1-3H3;2-3H2,1H3;1,3H;;;/q;;;;2*+1;-1/p-1. The van der Waals surface area contributed by atoms with Crippen molar-refractivity contribution >= 4 is 34.3 Å². The van der Waals surface area contributed by atoms with Crippen LogP contribution in [-0.4, -0.2) is 75.1 Å². The fourth-order valence-corrected chi connectivity index (χ4v) is 2.80. The number of carbonyl (C=O) groups is 3. The molecular formula is C29H43BrK2O13. The van der Waals surface area contributed by atoms with E-state index in [1.807, 2.05) is 27.7 Å². The molecule has 0 radical (unpaired) electrons. The number of phenolic OH excluding ortho intramolecular Hbond substituents is 1. The summed E-state index contributed by atoms with van der Waals surface area (Å²) in [5.41, 5.74) is 0. The summed E-state index contributed by atoms with van der Waals surface area (Å²) in [6.07, 6.45) is 0.152. The van der Waals surface area contributed by atoms with E-state index >= 15 is 0 Å². The molecule has 0 bridgehead atoms.